The Morgan fingerprint density at radius 1 is 0.657 bits per heavy atom. The molecule has 0 aliphatic carbocycles. The van der Waals surface area contributed by atoms with Crippen molar-refractivity contribution in [2.45, 2.75) is 32.6 Å². The van der Waals surface area contributed by atoms with Crippen LogP contribution in [0.25, 0.3) is 22.3 Å². The van der Waals surface area contributed by atoms with Gasteiger partial charge in [0.1, 0.15) is 0 Å². The van der Waals surface area contributed by atoms with Crippen LogP contribution in [0.4, 0.5) is 0 Å². The molecule has 0 saturated carbocycles. The Morgan fingerprint density at radius 2 is 1.14 bits per heavy atom. The van der Waals surface area contributed by atoms with Gasteiger partial charge in [-0.25, -0.2) is 4.79 Å². The molecule has 178 valence electrons. The molecule has 4 rings (SSSR count). The summed E-state index contributed by atoms with van der Waals surface area (Å²) in [7, 11) is 0. The van der Waals surface area contributed by atoms with E-state index in [1.54, 1.807) is 12.1 Å². The first-order valence-electron chi connectivity index (χ1n) is 11.6. The molecular weight excluding hydrogens is 499 g/mol. The molecule has 0 spiro atoms. The molecule has 4 aromatic carbocycles. The number of halogens is 3. The molecular formula is C30H25Cl3O2. The van der Waals surface area contributed by atoms with Crippen molar-refractivity contribution in [2.75, 3.05) is 0 Å². The van der Waals surface area contributed by atoms with E-state index >= 15 is 0 Å². The van der Waals surface area contributed by atoms with Crippen molar-refractivity contribution in [3.63, 3.8) is 0 Å². The highest BCUT2D eigenvalue weighted by atomic mass is 35.5. The van der Waals surface area contributed by atoms with E-state index in [0.717, 1.165) is 17.5 Å². The summed E-state index contributed by atoms with van der Waals surface area (Å²) >= 11 is 18.0. The van der Waals surface area contributed by atoms with Gasteiger partial charge in [0.25, 0.3) is 0 Å². The van der Waals surface area contributed by atoms with Gasteiger partial charge >= 0.3 is 5.97 Å². The van der Waals surface area contributed by atoms with Crippen molar-refractivity contribution in [3.05, 3.63) is 111 Å². The highest BCUT2D eigenvalue weighted by Gasteiger charge is 2.14. The van der Waals surface area contributed by atoms with Gasteiger partial charge in [-0.2, -0.15) is 0 Å². The summed E-state index contributed by atoms with van der Waals surface area (Å²) in [5, 5.41) is 0.780. The van der Waals surface area contributed by atoms with Crippen LogP contribution in [-0.2, 0) is 6.42 Å². The second-order valence-corrected chi connectivity index (χ2v) is 9.62. The monoisotopic (exact) mass is 522 g/mol. The minimum atomic E-state index is -0.523. The van der Waals surface area contributed by atoms with Gasteiger partial charge < -0.3 is 4.74 Å². The molecule has 0 aliphatic rings. The van der Waals surface area contributed by atoms with Gasteiger partial charge in [0, 0.05) is 6.07 Å². The maximum atomic E-state index is 12.6. The van der Waals surface area contributed by atoms with Crippen LogP contribution >= 0.6 is 34.8 Å². The van der Waals surface area contributed by atoms with E-state index < -0.39 is 5.97 Å². The highest BCUT2D eigenvalue weighted by molar-refractivity contribution is 6.43. The van der Waals surface area contributed by atoms with E-state index in [0.29, 0.717) is 10.6 Å². The summed E-state index contributed by atoms with van der Waals surface area (Å²) in [6.07, 6.45) is 4.89. The average Bonchev–Trinajstić information content (AvgIpc) is 2.88. The van der Waals surface area contributed by atoms with Gasteiger partial charge in [-0.15, -0.1) is 0 Å². The van der Waals surface area contributed by atoms with E-state index in [4.69, 9.17) is 39.5 Å². The first-order valence-corrected chi connectivity index (χ1v) is 12.7. The summed E-state index contributed by atoms with van der Waals surface area (Å²) in [6, 6.07) is 27.4. The van der Waals surface area contributed by atoms with E-state index in [-0.39, 0.29) is 15.8 Å². The van der Waals surface area contributed by atoms with Gasteiger partial charge in [-0.3, -0.25) is 0 Å². The van der Waals surface area contributed by atoms with Crippen LogP contribution in [-0.4, -0.2) is 5.97 Å². The van der Waals surface area contributed by atoms with E-state index in [1.807, 2.05) is 12.1 Å². The van der Waals surface area contributed by atoms with Crippen molar-refractivity contribution in [3.8, 4) is 28.0 Å². The molecule has 0 bridgehead atoms. The van der Waals surface area contributed by atoms with Gasteiger partial charge in [0.05, 0.1) is 20.6 Å². The smallest absolute Gasteiger partial charge is 0.343 e. The summed E-state index contributed by atoms with van der Waals surface area (Å²) < 4.78 is 5.40. The molecule has 0 saturated heterocycles. The average molecular weight is 524 g/mol. The van der Waals surface area contributed by atoms with Crippen LogP contribution in [0, 0.1) is 0 Å². The van der Waals surface area contributed by atoms with Crippen LogP contribution in [0.3, 0.4) is 0 Å². The summed E-state index contributed by atoms with van der Waals surface area (Å²) in [6.45, 7) is 2.23. The molecule has 0 N–H and O–H groups in total. The lowest BCUT2D eigenvalue weighted by Gasteiger charge is -2.09. The zero-order valence-corrected chi connectivity index (χ0v) is 21.6. The Balaban J connectivity index is 1.42. The lowest BCUT2D eigenvalue weighted by Crippen LogP contribution is -2.08. The molecule has 0 radical (unpaired) electrons. The maximum absolute atomic E-state index is 12.6. The lowest BCUT2D eigenvalue weighted by atomic mass is 9.98. The van der Waals surface area contributed by atoms with Crippen LogP contribution in [0.1, 0.15) is 42.1 Å². The van der Waals surface area contributed by atoms with Crippen molar-refractivity contribution in [1.29, 1.82) is 0 Å². The zero-order valence-electron chi connectivity index (χ0n) is 19.4. The SMILES string of the molecule is CCCCCc1ccc(-c2ccc(-c3ccc(C(=O)Oc4cc(Cl)c(Cl)cc4Cl)cc3)cc2)cc1. The minimum absolute atomic E-state index is 0.166. The summed E-state index contributed by atoms with van der Waals surface area (Å²) in [5.41, 5.74) is 6.25. The predicted octanol–water partition coefficient (Wildman–Crippen LogP) is 9.93. The van der Waals surface area contributed by atoms with Crippen LogP contribution in [0.2, 0.25) is 15.1 Å². The molecule has 0 heterocycles. The first-order chi connectivity index (χ1) is 16.9. The van der Waals surface area contributed by atoms with Crippen molar-refractivity contribution in [2.24, 2.45) is 0 Å². The number of carbonyl (C=O) groups excluding carboxylic acids is 1. The molecule has 0 amide bonds. The second kappa shape index (κ2) is 11.8. The van der Waals surface area contributed by atoms with Gasteiger partial charge in [-0.1, -0.05) is 115 Å². The normalized spacial score (nSPS) is 10.9. The third-order valence-corrected chi connectivity index (χ3v) is 6.89. The standard InChI is InChI=1S/C30H25Cl3O2/c1-2-3-4-5-20-6-8-21(9-7-20)22-10-12-23(13-11-22)24-14-16-25(17-15-24)30(34)35-29-19-27(32)26(31)18-28(29)33/h6-19H,2-5H2,1H3. The van der Waals surface area contributed by atoms with Crippen molar-refractivity contribution < 1.29 is 9.53 Å². The van der Waals surface area contributed by atoms with E-state index in [2.05, 4.69) is 55.5 Å². The van der Waals surface area contributed by atoms with E-state index in [9.17, 15) is 4.79 Å². The Bertz CT molecular complexity index is 1300. The second-order valence-electron chi connectivity index (χ2n) is 8.39. The van der Waals surface area contributed by atoms with Gasteiger partial charge in [-0.05, 0) is 58.9 Å². The topological polar surface area (TPSA) is 26.3 Å². The lowest BCUT2D eigenvalue weighted by molar-refractivity contribution is 0.0735. The number of rotatable bonds is 8. The van der Waals surface area contributed by atoms with Crippen molar-refractivity contribution >= 4 is 40.8 Å². The highest BCUT2D eigenvalue weighted by Crippen LogP contribution is 2.34. The summed E-state index contributed by atoms with van der Waals surface area (Å²) in [4.78, 5) is 12.6. The van der Waals surface area contributed by atoms with Crippen LogP contribution in [0.5, 0.6) is 5.75 Å². The predicted molar refractivity (Wildman–Crippen MR) is 147 cm³/mol. The van der Waals surface area contributed by atoms with Crippen LogP contribution < -0.4 is 4.74 Å². The molecule has 35 heavy (non-hydrogen) atoms. The molecule has 5 heteroatoms. The molecule has 0 aromatic heterocycles. The number of esters is 1. The Morgan fingerprint density at radius 3 is 1.69 bits per heavy atom. The van der Waals surface area contributed by atoms with Crippen molar-refractivity contribution in [1.82, 2.24) is 0 Å². The van der Waals surface area contributed by atoms with E-state index in [1.165, 1.54) is 48.1 Å². The number of hydrogen-bond acceptors (Lipinski definition) is 2. The molecule has 0 aliphatic heterocycles. The largest absolute Gasteiger partial charge is 0.421 e. The number of unbranched alkanes of at least 4 members (excludes halogenated alkanes) is 2. The first kappa shape index (κ1) is 25.3. The Labute approximate surface area is 221 Å². The number of ether oxygens (including phenoxy) is 1. The molecule has 4 aromatic rings. The Kier molecular flexibility index (Phi) is 8.51. The third-order valence-electron chi connectivity index (χ3n) is 5.87. The fourth-order valence-electron chi connectivity index (χ4n) is 3.84. The fourth-order valence-corrected chi connectivity index (χ4v) is 4.41. The van der Waals surface area contributed by atoms with Crippen LogP contribution in [0.15, 0.2) is 84.9 Å². The number of aryl methyl sites for hydroxylation is 1. The summed E-state index contributed by atoms with van der Waals surface area (Å²) in [5.74, 6) is -0.356. The number of carbonyl (C=O) groups is 1. The zero-order chi connectivity index (χ0) is 24.8. The quantitative estimate of drug-likeness (QED) is 0.0994. The number of benzene rings is 4. The molecule has 0 atom stereocenters. The molecule has 0 fully saturated rings. The molecule has 0 unspecified atom stereocenters. The third kappa shape index (κ3) is 6.46. The fraction of sp³-hybridized carbons (Fsp3) is 0.167. The molecule has 2 nitrogen and oxygen atoms in total. The van der Waals surface area contributed by atoms with Gasteiger partial charge in [0.2, 0.25) is 0 Å². The maximum Gasteiger partial charge on any atom is 0.343 e. The van der Waals surface area contributed by atoms with Gasteiger partial charge in [0.15, 0.2) is 5.75 Å². The number of hydrogen-bond donors (Lipinski definition) is 0. The minimum Gasteiger partial charge on any atom is -0.421 e. The Hall–Kier alpha value is -2.78.